The monoisotopic (exact) mass is 1520 g/mol. The smallest absolute Gasteiger partial charge is 0.303 e. The number of carbonyl (C=O) groups is 14. The van der Waals surface area contributed by atoms with Crippen LogP contribution in [0.25, 0.3) is 10.9 Å². The molecule has 1 saturated heterocycles. The number of guanidine groups is 1. The fourth-order valence-electron chi connectivity index (χ4n) is 11.7. The highest BCUT2D eigenvalue weighted by Gasteiger charge is 2.39. The lowest BCUT2D eigenvalue weighted by Crippen LogP contribution is -2.60. The van der Waals surface area contributed by atoms with Gasteiger partial charge < -0.3 is 107 Å². The van der Waals surface area contributed by atoms with Gasteiger partial charge in [0.05, 0.1) is 0 Å². The van der Waals surface area contributed by atoms with Gasteiger partial charge in [-0.25, -0.2) is 0 Å². The molecule has 2 aliphatic rings. The number of primary amides is 2. The van der Waals surface area contributed by atoms with E-state index < -0.39 is 199 Å². The normalized spacial score (nSPS) is 21.7. The molecule has 0 aliphatic carbocycles. The van der Waals surface area contributed by atoms with E-state index in [-0.39, 0.29) is 76.1 Å². The summed E-state index contributed by atoms with van der Waals surface area (Å²) >= 11 is 0. The molecule has 0 bridgehead atoms. The Morgan fingerprint density at radius 1 is 0.636 bits per heavy atom. The van der Waals surface area contributed by atoms with Crippen LogP contribution in [0.15, 0.2) is 103 Å². The number of aliphatic carboxylic acids is 1. The molecule has 0 saturated carbocycles. The van der Waals surface area contributed by atoms with Crippen LogP contribution in [-0.4, -0.2) is 205 Å². The zero-order valence-electron chi connectivity index (χ0n) is 58.4. The fourth-order valence-corrected chi connectivity index (χ4v) is 14.0. The number of nitrogens with one attached hydrogen (secondary N) is 13. The Labute approximate surface area is 622 Å². The van der Waals surface area contributed by atoms with Crippen molar-refractivity contribution < 1.29 is 82.4 Å². The van der Waals surface area contributed by atoms with Gasteiger partial charge in [0, 0.05) is 106 Å². The first kappa shape index (κ1) is 82.8. The van der Waals surface area contributed by atoms with Crippen molar-refractivity contribution in [1.82, 2.24) is 68.4 Å². The average molecular weight is 1520 g/mol. The maximum atomic E-state index is 15.0. The highest BCUT2D eigenvalue weighted by Crippen LogP contribution is 2.27. The molecule has 35 nitrogen and oxygen atoms in total. The lowest BCUT2D eigenvalue weighted by atomic mass is 9.92. The molecule has 13 amide bonds. The summed E-state index contributed by atoms with van der Waals surface area (Å²) in [7, 11) is 1.67. The first-order chi connectivity index (χ1) is 51.0. The second-order valence-corrected chi connectivity index (χ2v) is 28.1. The number of benzene rings is 4. The van der Waals surface area contributed by atoms with Gasteiger partial charge in [0.1, 0.15) is 71.9 Å². The van der Waals surface area contributed by atoms with E-state index in [0.717, 1.165) is 32.7 Å². The summed E-state index contributed by atoms with van der Waals surface area (Å²) in [6, 6.07) is 9.76. The van der Waals surface area contributed by atoms with E-state index in [2.05, 4.69) is 63.5 Å². The number of carboxylic acid groups (broad SMARTS) is 1. The second kappa shape index (κ2) is 40.7. The van der Waals surface area contributed by atoms with Gasteiger partial charge in [0.2, 0.25) is 76.8 Å². The van der Waals surface area contributed by atoms with Crippen LogP contribution in [0, 0.1) is 5.41 Å². The van der Waals surface area contributed by atoms with Crippen LogP contribution in [-0.2, 0) is 99.4 Å². The van der Waals surface area contributed by atoms with Crippen LogP contribution >= 0.6 is 21.6 Å². The number of carbonyl (C=O) groups excluding carboxylic acids is 13. The van der Waals surface area contributed by atoms with Crippen molar-refractivity contribution in [1.29, 1.82) is 5.41 Å². The van der Waals surface area contributed by atoms with Crippen LogP contribution in [0.3, 0.4) is 0 Å². The number of fused-ring (bicyclic) bond motifs is 2. The summed E-state index contributed by atoms with van der Waals surface area (Å²) in [5.74, 6) is -15.0. The van der Waals surface area contributed by atoms with Gasteiger partial charge >= 0.3 is 5.97 Å². The number of para-hydroxylation sites is 1. The minimum absolute atomic E-state index is 0.0328. The van der Waals surface area contributed by atoms with E-state index >= 15 is 4.79 Å². The highest BCUT2D eigenvalue weighted by molar-refractivity contribution is 8.76. The van der Waals surface area contributed by atoms with Crippen molar-refractivity contribution in [2.24, 2.45) is 22.9 Å². The van der Waals surface area contributed by atoms with Crippen LogP contribution in [0.1, 0.15) is 86.1 Å². The number of hydrogen-bond acceptors (Lipinski definition) is 20. The molecule has 0 unspecified atom stereocenters. The van der Waals surface area contributed by atoms with Gasteiger partial charge in [-0.15, -0.1) is 0 Å². The molecule has 574 valence electrons. The zero-order chi connectivity index (χ0) is 77.9. The standard InChI is InChI=1S/C70H90N18O17S2/c1-37-61(97)83-50(29-38-12-16-43(89)17-13-38)65(101)81-47(11-6-27-77-70(74)75)62(98)76-28-25-57(92)80-48(20-22-56(72)91)63(99)84-52(31-42-33-78-46-10-5-4-9-45(42)46)67(103)82-49(21-23-59(94)95)64(100)86-53(60(73)96)35-106-107-36-54(68(104)79-37)87-66(102)51(30-39-14-18-44(90)19-15-39)85-69(105)55-32-40-7-2-3-8-41(40)34-88(55)58(93)24-26-71/h2-5,7-10,12-19,33,37,47-55,78,89-90H,6,11,20-32,34-36,71H2,1H3,(H2,72,91)(H2,73,96)(H,76,98)(H,79,104)(H,80,92)(H,81,101)(H,82,103)(H,83,97)(H,84,99)(H,85,105)(H,86,100)(H,87,102)(H,94,95)(H4,74,75,77)/t37-,47-,48-,49-,50-,51-,52-,53+,54-,55-/m0/s1. The number of amides is 13. The fraction of sp³-hybridized carbons (Fsp3) is 0.414. The summed E-state index contributed by atoms with van der Waals surface area (Å²) < 4.78 is 0. The third-order valence-electron chi connectivity index (χ3n) is 17.5. The SMILES string of the molecule is C[C@@H]1NC(=O)[C@@H](NC(=O)[C@H](Cc2ccc(O)cc2)NC(=O)[C@@H]2Cc3ccccc3CN2C(=O)CCN)CSSC[C@H](C(N)=O)NC(=O)[C@H](CCC(=O)O)NC(=O)[C@H](Cc2c[nH]c3ccccc23)NC(=O)[C@H](CCC(N)=O)NC(=O)CCNC(=O)[C@H](CCCNC(=N)N)NC(=O)[C@H](Cc2ccc(O)cc2)NC1=O. The number of aromatic nitrogens is 1. The maximum Gasteiger partial charge on any atom is 0.303 e. The van der Waals surface area contributed by atoms with Crippen molar-refractivity contribution in [2.75, 3.05) is 31.1 Å². The van der Waals surface area contributed by atoms with Gasteiger partial charge in [-0.2, -0.15) is 0 Å². The van der Waals surface area contributed by atoms with Crippen molar-refractivity contribution in [2.45, 2.75) is 151 Å². The molecule has 7 rings (SSSR count). The maximum absolute atomic E-state index is 15.0. The largest absolute Gasteiger partial charge is 0.508 e. The van der Waals surface area contributed by atoms with Crippen molar-refractivity contribution >= 4 is 121 Å². The Morgan fingerprint density at radius 3 is 1.87 bits per heavy atom. The number of phenolic OH excluding ortho intramolecular Hbond substituents is 2. The number of phenols is 2. The first-order valence-electron chi connectivity index (χ1n) is 34.3. The summed E-state index contributed by atoms with van der Waals surface area (Å²) in [6.07, 6.45) is -2.16. The molecule has 24 N–H and O–H groups in total. The highest BCUT2D eigenvalue weighted by atomic mass is 33.1. The number of carboxylic acids is 1. The van der Waals surface area contributed by atoms with Crippen molar-refractivity contribution in [3.63, 3.8) is 0 Å². The topological polar surface area (TPSA) is 579 Å². The van der Waals surface area contributed by atoms with Gasteiger partial charge in [0.25, 0.3) is 0 Å². The number of H-pyrrole nitrogens is 1. The van der Waals surface area contributed by atoms with Gasteiger partial charge in [-0.05, 0) is 90.8 Å². The molecule has 5 aromatic rings. The molecule has 4 aromatic carbocycles. The molecule has 0 spiro atoms. The summed E-state index contributed by atoms with van der Waals surface area (Å²) in [5, 5.41) is 66.9. The van der Waals surface area contributed by atoms with Crippen LogP contribution in [0.2, 0.25) is 0 Å². The Hall–Kier alpha value is -11.5. The van der Waals surface area contributed by atoms with E-state index in [4.69, 9.17) is 28.3 Å². The molecule has 107 heavy (non-hydrogen) atoms. The van der Waals surface area contributed by atoms with E-state index in [1.54, 1.807) is 48.7 Å². The lowest BCUT2D eigenvalue weighted by Gasteiger charge is -2.37. The van der Waals surface area contributed by atoms with E-state index in [1.165, 1.54) is 60.4 Å². The number of hydrogen-bond donors (Lipinski definition) is 20. The molecular formula is C70H90N18O17S2. The number of rotatable bonds is 23. The van der Waals surface area contributed by atoms with Gasteiger partial charge in [0.15, 0.2) is 5.96 Å². The van der Waals surface area contributed by atoms with E-state index in [9.17, 15) is 77.6 Å². The first-order valence-corrected chi connectivity index (χ1v) is 36.8. The minimum atomic E-state index is -1.75. The molecule has 37 heteroatoms. The lowest BCUT2D eigenvalue weighted by molar-refractivity contribution is -0.142. The number of nitrogens with two attached hydrogens (primary N) is 4. The quantitative estimate of drug-likeness (QED) is 0.0135. The van der Waals surface area contributed by atoms with Crippen molar-refractivity contribution in [3.8, 4) is 11.5 Å². The Bertz CT molecular complexity index is 4050. The molecule has 1 aromatic heterocycles. The van der Waals surface area contributed by atoms with E-state index in [0.29, 0.717) is 27.6 Å². The predicted octanol–water partition coefficient (Wildman–Crippen LogP) is -2.93. The van der Waals surface area contributed by atoms with Crippen molar-refractivity contribution in [3.05, 3.63) is 131 Å². The van der Waals surface area contributed by atoms with E-state index in [1.807, 2.05) is 6.07 Å². The third-order valence-corrected chi connectivity index (χ3v) is 19.9. The molecular weight excluding hydrogens is 1430 g/mol. The summed E-state index contributed by atoms with van der Waals surface area (Å²) in [5.41, 5.74) is 26.1. The zero-order valence-corrected chi connectivity index (χ0v) is 60.1. The number of nitrogens with zero attached hydrogens (tertiary/aromatic N) is 1. The number of aromatic hydroxyl groups is 2. The molecule has 10 atom stereocenters. The minimum Gasteiger partial charge on any atom is -0.508 e. The molecule has 0 radical (unpaired) electrons. The molecule has 2 aliphatic heterocycles. The predicted molar refractivity (Wildman–Crippen MR) is 393 cm³/mol. The average Bonchev–Trinajstić information content (AvgIpc) is 1.81. The molecule has 1 fully saturated rings. The molecule has 3 heterocycles. The Morgan fingerprint density at radius 2 is 1.21 bits per heavy atom. The van der Waals surface area contributed by atoms with Gasteiger partial charge in [-0.3, -0.25) is 72.5 Å². The summed E-state index contributed by atoms with van der Waals surface area (Å²) in [6.45, 7) is 0.840. The Kier molecular flexibility index (Phi) is 31.5. The summed E-state index contributed by atoms with van der Waals surface area (Å²) in [4.78, 5) is 201. The number of aromatic amines is 1. The van der Waals surface area contributed by atoms with Crippen LogP contribution in [0.5, 0.6) is 11.5 Å². The van der Waals surface area contributed by atoms with Gasteiger partial charge in [-0.1, -0.05) is 88.3 Å². The second-order valence-electron chi connectivity index (χ2n) is 25.6. The third kappa shape index (κ3) is 26.0. The Balaban J connectivity index is 1.25. The van der Waals surface area contributed by atoms with Crippen LogP contribution < -0.4 is 81.4 Å². The van der Waals surface area contributed by atoms with Crippen LogP contribution in [0.4, 0.5) is 0 Å².